The van der Waals surface area contributed by atoms with Gasteiger partial charge >= 0.3 is 0 Å². The molecule has 2 aliphatic rings. The van der Waals surface area contributed by atoms with E-state index in [1.54, 1.807) is 0 Å². The van der Waals surface area contributed by atoms with E-state index in [0.717, 1.165) is 44.7 Å². The average Bonchev–Trinajstić information content (AvgIpc) is 2.92. The highest BCUT2D eigenvalue weighted by Gasteiger charge is 2.28. The van der Waals surface area contributed by atoms with Crippen LogP contribution in [-0.2, 0) is 4.79 Å². The summed E-state index contributed by atoms with van der Waals surface area (Å²) in [5.74, 6) is 1.23. The fourth-order valence-electron chi connectivity index (χ4n) is 3.76. The van der Waals surface area contributed by atoms with Crippen molar-refractivity contribution < 1.29 is 4.79 Å². The second-order valence-corrected chi connectivity index (χ2v) is 6.36. The number of nitrogens with zero attached hydrogens (tertiary/aromatic N) is 1. The topological polar surface area (TPSA) is 46.3 Å². The highest BCUT2D eigenvalue weighted by molar-refractivity contribution is 5.76. The molecule has 0 aromatic heterocycles. The van der Waals surface area contributed by atoms with Gasteiger partial charge in [-0.2, -0.15) is 0 Å². The van der Waals surface area contributed by atoms with E-state index in [0.29, 0.717) is 11.9 Å². The third-order valence-corrected chi connectivity index (χ3v) is 4.93. The molecule has 2 rings (SSSR count). The van der Waals surface area contributed by atoms with Crippen LogP contribution in [0.1, 0.15) is 70.6 Å². The van der Waals surface area contributed by atoms with Gasteiger partial charge in [0.05, 0.1) is 0 Å². The first-order chi connectivity index (χ1) is 9.31. The summed E-state index contributed by atoms with van der Waals surface area (Å²) in [5, 5.41) is 0. The Balaban J connectivity index is 1.71. The van der Waals surface area contributed by atoms with E-state index in [1.807, 2.05) is 0 Å². The summed E-state index contributed by atoms with van der Waals surface area (Å²) in [6, 6.07) is 0.488. The molecule has 1 unspecified atom stereocenters. The number of likely N-dealkylation sites (tertiary alicyclic amines) is 1. The Hall–Kier alpha value is -0.570. The number of rotatable bonds is 6. The molecule has 0 aromatic rings. The molecule has 19 heavy (non-hydrogen) atoms. The van der Waals surface area contributed by atoms with Crippen LogP contribution in [0.5, 0.6) is 0 Å². The van der Waals surface area contributed by atoms with E-state index in [4.69, 9.17) is 5.73 Å². The second-order valence-electron chi connectivity index (χ2n) is 6.36. The quantitative estimate of drug-likeness (QED) is 0.803. The Bertz CT molecular complexity index is 274. The molecule has 1 saturated carbocycles. The van der Waals surface area contributed by atoms with Crippen LogP contribution in [0.15, 0.2) is 0 Å². The van der Waals surface area contributed by atoms with Gasteiger partial charge in [0.2, 0.25) is 5.91 Å². The maximum absolute atomic E-state index is 12.4. The van der Waals surface area contributed by atoms with Gasteiger partial charge in [-0.3, -0.25) is 4.79 Å². The first-order valence-electron chi connectivity index (χ1n) is 8.31. The maximum atomic E-state index is 12.4. The third kappa shape index (κ3) is 4.48. The molecule has 110 valence electrons. The zero-order chi connectivity index (χ0) is 13.5. The van der Waals surface area contributed by atoms with Gasteiger partial charge in [0.15, 0.2) is 0 Å². The van der Waals surface area contributed by atoms with Crippen molar-refractivity contribution in [2.75, 3.05) is 13.1 Å². The lowest BCUT2D eigenvalue weighted by Crippen LogP contribution is -2.36. The van der Waals surface area contributed by atoms with Gasteiger partial charge in [-0.25, -0.2) is 0 Å². The highest BCUT2D eigenvalue weighted by atomic mass is 16.2. The van der Waals surface area contributed by atoms with Crippen molar-refractivity contribution in [2.45, 2.75) is 76.7 Å². The van der Waals surface area contributed by atoms with E-state index in [2.05, 4.69) is 4.90 Å². The normalized spacial score (nSPS) is 24.9. The summed E-state index contributed by atoms with van der Waals surface area (Å²) < 4.78 is 0. The maximum Gasteiger partial charge on any atom is 0.222 e. The Morgan fingerprint density at radius 1 is 1.05 bits per heavy atom. The van der Waals surface area contributed by atoms with Crippen LogP contribution in [0.25, 0.3) is 0 Å². The number of carbonyl (C=O) groups is 1. The molecule has 1 amide bonds. The molecule has 0 radical (unpaired) electrons. The first kappa shape index (κ1) is 14.8. The molecule has 0 bridgehead atoms. The van der Waals surface area contributed by atoms with E-state index in [1.165, 1.54) is 44.9 Å². The summed E-state index contributed by atoms with van der Waals surface area (Å²) in [6.45, 7) is 1.74. The number of hydrogen-bond donors (Lipinski definition) is 1. The predicted molar refractivity (Wildman–Crippen MR) is 78.8 cm³/mol. The Morgan fingerprint density at radius 3 is 2.58 bits per heavy atom. The smallest absolute Gasteiger partial charge is 0.222 e. The highest BCUT2D eigenvalue weighted by Crippen LogP contribution is 2.28. The SMILES string of the molecule is NCCCC1CCCN1C(=O)CCC1CCCCC1. The molecule has 1 heterocycles. The molecular formula is C16H30N2O. The molecule has 1 aliphatic carbocycles. The lowest BCUT2D eigenvalue weighted by Gasteiger charge is -2.26. The molecule has 1 atom stereocenters. The van der Waals surface area contributed by atoms with Gasteiger partial charge in [0.25, 0.3) is 0 Å². The molecule has 0 spiro atoms. The minimum atomic E-state index is 0.407. The molecule has 3 nitrogen and oxygen atoms in total. The van der Waals surface area contributed by atoms with Crippen molar-refractivity contribution in [1.29, 1.82) is 0 Å². The molecule has 2 fully saturated rings. The van der Waals surface area contributed by atoms with Crippen molar-refractivity contribution in [3.63, 3.8) is 0 Å². The summed E-state index contributed by atoms with van der Waals surface area (Å²) in [6.07, 6.45) is 13.3. The molecule has 1 aliphatic heterocycles. The Kier molecular flexibility index (Phi) is 6.15. The number of nitrogens with two attached hydrogens (primary N) is 1. The predicted octanol–water partition coefficient (Wildman–Crippen LogP) is 3.08. The zero-order valence-electron chi connectivity index (χ0n) is 12.3. The third-order valence-electron chi connectivity index (χ3n) is 4.93. The van der Waals surface area contributed by atoms with Crippen molar-refractivity contribution in [2.24, 2.45) is 11.7 Å². The van der Waals surface area contributed by atoms with Crippen LogP contribution in [-0.4, -0.2) is 29.9 Å². The van der Waals surface area contributed by atoms with E-state index in [9.17, 15) is 4.79 Å². The Labute approximate surface area is 117 Å². The van der Waals surface area contributed by atoms with Crippen LogP contribution in [0.3, 0.4) is 0 Å². The van der Waals surface area contributed by atoms with Crippen molar-refractivity contribution in [1.82, 2.24) is 4.90 Å². The molecule has 2 N–H and O–H groups in total. The van der Waals surface area contributed by atoms with E-state index >= 15 is 0 Å². The van der Waals surface area contributed by atoms with Crippen LogP contribution in [0.2, 0.25) is 0 Å². The van der Waals surface area contributed by atoms with Gasteiger partial charge in [-0.1, -0.05) is 32.1 Å². The summed E-state index contributed by atoms with van der Waals surface area (Å²) in [7, 11) is 0. The van der Waals surface area contributed by atoms with Gasteiger partial charge in [-0.05, 0) is 44.6 Å². The van der Waals surface area contributed by atoms with Crippen LogP contribution in [0.4, 0.5) is 0 Å². The first-order valence-corrected chi connectivity index (χ1v) is 8.31. The van der Waals surface area contributed by atoms with Crippen LogP contribution < -0.4 is 5.73 Å². The standard InChI is InChI=1S/C16H30N2O/c17-12-4-8-15-9-5-13-18(15)16(19)11-10-14-6-2-1-3-7-14/h14-15H,1-13,17H2. The summed E-state index contributed by atoms with van der Waals surface area (Å²) in [4.78, 5) is 14.5. The van der Waals surface area contributed by atoms with E-state index in [-0.39, 0.29) is 0 Å². The largest absolute Gasteiger partial charge is 0.340 e. The summed E-state index contributed by atoms with van der Waals surface area (Å²) in [5.41, 5.74) is 5.58. The molecule has 1 saturated heterocycles. The average molecular weight is 266 g/mol. The number of hydrogen-bond acceptors (Lipinski definition) is 2. The van der Waals surface area contributed by atoms with E-state index < -0.39 is 0 Å². The molecular weight excluding hydrogens is 236 g/mol. The molecule has 3 heteroatoms. The fourth-order valence-corrected chi connectivity index (χ4v) is 3.76. The Morgan fingerprint density at radius 2 is 1.84 bits per heavy atom. The van der Waals surface area contributed by atoms with Crippen molar-refractivity contribution in [3.8, 4) is 0 Å². The van der Waals surface area contributed by atoms with Crippen molar-refractivity contribution >= 4 is 5.91 Å². The minimum Gasteiger partial charge on any atom is -0.340 e. The molecule has 0 aromatic carbocycles. The second kappa shape index (κ2) is 7.88. The number of amides is 1. The van der Waals surface area contributed by atoms with Crippen LogP contribution in [0, 0.1) is 5.92 Å². The van der Waals surface area contributed by atoms with Gasteiger partial charge in [0, 0.05) is 19.0 Å². The van der Waals surface area contributed by atoms with Crippen LogP contribution >= 0.6 is 0 Å². The monoisotopic (exact) mass is 266 g/mol. The number of carbonyl (C=O) groups excluding carboxylic acids is 1. The fraction of sp³-hybridized carbons (Fsp3) is 0.938. The lowest BCUT2D eigenvalue weighted by atomic mass is 9.86. The van der Waals surface area contributed by atoms with Gasteiger partial charge in [0.1, 0.15) is 0 Å². The zero-order valence-corrected chi connectivity index (χ0v) is 12.3. The minimum absolute atomic E-state index is 0.407. The lowest BCUT2D eigenvalue weighted by molar-refractivity contribution is -0.132. The van der Waals surface area contributed by atoms with Gasteiger partial charge in [-0.15, -0.1) is 0 Å². The van der Waals surface area contributed by atoms with Gasteiger partial charge < -0.3 is 10.6 Å². The summed E-state index contributed by atoms with van der Waals surface area (Å²) >= 11 is 0. The van der Waals surface area contributed by atoms with Crippen molar-refractivity contribution in [3.05, 3.63) is 0 Å².